The molecule has 160 valence electrons. The summed E-state index contributed by atoms with van der Waals surface area (Å²) in [7, 11) is 0. The highest BCUT2D eigenvalue weighted by Gasteiger charge is 2.37. The van der Waals surface area contributed by atoms with E-state index in [0.29, 0.717) is 32.5 Å². The summed E-state index contributed by atoms with van der Waals surface area (Å²) in [6.45, 7) is 4.73. The van der Waals surface area contributed by atoms with Crippen LogP contribution in [0.3, 0.4) is 0 Å². The molecule has 0 spiro atoms. The minimum Gasteiger partial charge on any atom is -0.342 e. The lowest BCUT2D eigenvalue weighted by Crippen LogP contribution is -2.39. The Bertz CT molecular complexity index is 1070. The quantitative estimate of drug-likeness (QED) is 0.640. The Balaban J connectivity index is 1.53. The van der Waals surface area contributed by atoms with Gasteiger partial charge in [-0.3, -0.25) is 9.48 Å². The van der Waals surface area contributed by atoms with Gasteiger partial charge in [-0.1, -0.05) is 5.16 Å². The molecule has 1 amide bonds. The fourth-order valence-electron chi connectivity index (χ4n) is 3.95. The van der Waals surface area contributed by atoms with E-state index < -0.39 is 11.7 Å². The lowest BCUT2D eigenvalue weighted by molar-refractivity contribution is -0.136. The smallest absolute Gasteiger partial charge is 0.342 e. The molecule has 4 heterocycles. The first-order valence-corrected chi connectivity index (χ1v) is 9.84. The monoisotopic (exact) mass is 421 g/mol. The number of rotatable bonds is 4. The van der Waals surface area contributed by atoms with Gasteiger partial charge in [0, 0.05) is 38.2 Å². The number of pyridine rings is 1. The highest BCUT2D eigenvalue weighted by Crippen LogP contribution is 2.38. The van der Waals surface area contributed by atoms with Crippen LogP contribution in [0.15, 0.2) is 22.9 Å². The standard InChI is InChI=1S/C20H22F3N5O2/c1-12-5-8-28(25-12)9-6-17(29)27-7-3-4-14(11-27)16-10-15(20(21,22)23)18-13(2)26-30-19(18)24-16/h5,8,10,14H,3-4,6-7,9,11H2,1-2H3/t14-/m0/s1. The van der Waals surface area contributed by atoms with Crippen molar-refractivity contribution in [1.29, 1.82) is 0 Å². The number of aromatic nitrogens is 4. The van der Waals surface area contributed by atoms with Crippen molar-refractivity contribution < 1.29 is 22.5 Å². The van der Waals surface area contributed by atoms with E-state index in [4.69, 9.17) is 4.52 Å². The average Bonchev–Trinajstić information content (AvgIpc) is 3.30. The number of likely N-dealkylation sites (tertiary alicyclic amines) is 1. The summed E-state index contributed by atoms with van der Waals surface area (Å²) in [6.07, 6.45) is -1.08. The summed E-state index contributed by atoms with van der Waals surface area (Å²) in [5.41, 5.74) is 0.413. The molecule has 3 aromatic rings. The summed E-state index contributed by atoms with van der Waals surface area (Å²) in [5.74, 6) is -0.328. The SMILES string of the molecule is Cc1ccn(CCC(=O)N2CCC[C@H](c3cc(C(F)(F)F)c4c(C)noc4n3)C2)n1. The van der Waals surface area contributed by atoms with Crippen molar-refractivity contribution in [2.75, 3.05) is 13.1 Å². The summed E-state index contributed by atoms with van der Waals surface area (Å²) in [4.78, 5) is 18.7. The molecule has 0 aromatic carbocycles. The summed E-state index contributed by atoms with van der Waals surface area (Å²) in [5, 5.41) is 7.80. The summed E-state index contributed by atoms with van der Waals surface area (Å²) < 4.78 is 47.6. The van der Waals surface area contributed by atoms with E-state index in [1.54, 1.807) is 9.58 Å². The van der Waals surface area contributed by atoms with Crippen LogP contribution in [0, 0.1) is 13.8 Å². The minimum absolute atomic E-state index is 0.0412. The minimum atomic E-state index is -4.54. The van der Waals surface area contributed by atoms with Crippen LogP contribution in [0.2, 0.25) is 0 Å². The zero-order chi connectivity index (χ0) is 21.5. The molecule has 3 aromatic heterocycles. The Kier molecular flexibility index (Phi) is 5.25. The number of carbonyl (C=O) groups excluding carboxylic acids is 1. The number of amides is 1. The maximum Gasteiger partial charge on any atom is 0.417 e. The number of nitrogens with zero attached hydrogens (tertiary/aromatic N) is 5. The molecule has 30 heavy (non-hydrogen) atoms. The number of carbonyl (C=O) groups is 1. The Morgan fingerprint density at radius 1 is 1.33 bits per heavy atom. The lowest BCUT2D eigenvalue weighted by atomic mass is 9.92. The zero-order valence-corrected chi connectivity index (χ0v) is 16.7. The van der Waals surface area contributed by atoms with Gasteiger partial charge in [0.05, 0.1) is 28.0 Å². The molecule has 0 bridgehead atoms. The van der Waals surface area contributed by atoms with Gasteiger partial charge in [-0.25, -0.2) is 4.98 Å². The van der Waals surface area contributed by atoms with Crippen LogP contribution in [0.5, 0.6) is 0 Å². The Labute approximate surface area is 170 Å². The van der Waals surface area contributed by atoms with Crippen molar-refractivity contribution in [3.05, 3.63) is 41.0 Å². The van der Waals surface area contributed by atoms with Crippen LogP contribution < -0.4 is 0 Å². The van der Waals surface area contributed by atoms with E-state index in [-0.39, 0.29) is 40.7 Å². The molecule has 1 fully saturated rings. The normalized spacial score (nSPS) is 17.6. The first-order chi connectivity index (χ1) is 14.2. The molecule has 0 radical (unpaired) electrons. The van der Waals surface area contributed by atoms with Crippen molar-refractivity contribution in [3.8, 4) is 0 Å². The predicted octanol–water partition coefficient (Wildman–Crippen LogP) is 3.85. The van der Waals surface area contributed by atoms with Crippen molar-refractivity contribution in [2.24, 2.45) is 0 Å². The van der Waals surface area contributed by atoms with Gasteiger partial charge >= 0.3 is 6.18 Å². The van der Waals surface area contributed by atoms with Crippen molar-refractivity contribution in [3.63, 3.8) is 0 Å². The second kappa shape index (κ2) is 7.73. The third-order valence-electron chi connectivity index (χ3n) is 5.46. The van der Waals surface area contributed by atoms with Crippen LogP contribution in [-0.4, -0.2) is 43.8 Å². The number of alkyl halides is 3. The number of hydrogen-bond donors (Lipinski definition) is 0. The Morgan fingerprint density at radius 2 is 2.13 bits per heavy atom. The third-order valence-corrected chi connectivity index (χ3v) is 5.46. The topological polar surface area (TPSA) is 77.0 Å². The van der Waals surface area contributed by atoms with Gasteiger partial charge in [0.25, 0.3) is 5.71 Å². The van der Waals surface area contributed by atoms with Crippen molar-refractivity contribution in [2.45, 2.75) is 51.7 Å². The van der Waals surface area contributed by atoms with E-state index in [1.807, 2.05) is 19.2 Å². The van der Waals surface area contributed by atoms with Crippen molar-refractivity contribution >= 4 is 17.0 Å². The van der Waals surface area contributed by atoms with E-state index in [0.717, 1.165) is 11.8 Å². The van der Waals surface area contributed by atoms with Crippen LogP contribution in [0.4, 0.5) is 13.2 Å². The second-order valence-corrected chi connectivity index (χ2v) is 7.69. The van der Waals surface area contributed by atoms with Gasteiger partial charge in [-0.15, -0.1) is 0 Å². The molecule has 7 nitrogen and oxygen atoms in total. The second-order valence-electron chi connectivity index (χ2n) is 7.69. The molecular weight excluding hydrogens is 399 g/mol. The fourth-order valence-corrected chi connectivity index (χ4v) is 3.95. The van der Waals surface area contributed by atoms with Gasteiger partial charge in [0.1, 0.15) is 0 Å². The van der Waals surface area contributed by atoms with Crippen LogP contribution in [0.1, 0.15) is 47.8 Å². The van der Waals surface area contributed by atoms with Gasteiger partial charge in [0.2, 0.25) is 5.91 Å². The van der Waals surface area contributed by atoms with E-state index in [1.165, 1.54) is 6.92 Å². The molecule has 0 N–H and O–H groups in total. The fraction of sp³-hybridized carbons (Fsp3) is 0.500. The van der Waals surface area contributed by atoms with E-state index >= 15 is 0 Å². The number of halogens is 3. The first-order valence-electron chi connectivity index (χ1n) is 9.84. The molecular formula is C20H22F3N5O2. The molecule has 1 saturated heterocycles. The number of aryl methyl sites for hydroxylation is 3. The molecule has 0 aliphatic carbocycles. The molecule has 1 aliphatic rings. The van der Waals surface area contributed by atoms with Crippen LogP contribution >= 0.6 is 0 Å². The largest absolute Gasteiger partial charge is 0.417 e. The lowest BCUT2D eigenvalue weighted by Gasteiger charge is -2.32. The van der Waals surface area contributed by atoms with E-state index in [2.05, 4.69) is 15.2 Å². The highest BCUT2D eigenvalue weighted by atomic mass is 19.4. The molecule has 4 rings (SSSR count). The number of piperidine rings is 1. The van der Waals surface area contributed by atoms with Crippen LogP contribution in [-0.2, 0) is 17.5 Å². The molecule has 1 aliphatic heterocycles. The van der Waals surface area contributed by atoms with Gasteiger partial charge in [-0.2, -0.15) is 18.3 Å². The summed E-state index contributed by atoms with van der Waals surface area (Å²) in [6, 6.07) is 2.95. The first kappa shape index (κ1) is 20.4. The molecule has 0 unspecified atom stereocenters. The Morgan fingerprint density at radius 3 is 2.83 bits per heavy atom. The van der Waals surface area contributed by atoms with Crippen LogP contribution in [0.25, 0.3) is 11.1 Å². The van der Waals surface area contributed by atoms with E-state index in [9.17, 15) is 18.0 Å². The van der Waals surface area contributed by atoms with Gasteiger partial charge < -0.3 is 9.42 Å². The maximum absolute atomic E-state index is 13.6. The highest BCUT2D eigenvalue weighted by molar-refractivity contribution is 5.81. The predicted molar refractivity (Wildman–Crippen MR) is 102 cm³/mol. The summed E-state index contributed by atoms with van der Waals surface area (Å²) >= 11 is 0. The number of hydrogen-bond acceptors (Lipinski definition) is 5. The van der Waals surface area contributed by atoms with Gasteiger partial charge in [0.15, 0.2) is 0 Å². The molecule has 1 atom stereocenters. The third kappa shape index (κ3) is 4.03. The molecule has 10 heteroatoms. The number of fused-ring (bicyclic) bond motifs is 1. The zero-order valence-electron chi connectivity index (χ0n) is 16.7. The average molecular weight is 421 g/mol. The Hall–Kier alpha value is -2.91. The maximum atomic E-state index is 13.6. The molecule has 0 saturated carbocycles. The van der Waals surface area contributed by atoms with Gasteiger partial charge in [-0.05, 0) is 38.8 Å². The van der Waals surface area contributed by atoms with Crippen molar-refractivity contribution in [1.82, 2.24) is 24.8 Å².